The average Bonchev–Trinajstić information content (AvgIpc) is 3.28. The molecule has 0 saturated carbocycles. The molecule has 3 rings (SSSR count). The summed E-state index contributed by atoms with van der Waals surface area (Å²) < 4.78 is 5.12. The molecular weight excluding hydrogens is 356 g/mol. The Balaban J connectivity index is 1.67. The lowest BCUT2D eigenvalue weighted by Gasteiger charge is -2.30. The number of carbonyl (C=O) groups excluding carboxylic acids is 2. The maximum Gasteiger partial charge on any atom is 0.262 e. The molecule has 1 aliphatic rings. The van der Waals surface area contributed by atoms with Gasteiger partial charge in [0.15, 0.2) is 0 Å². The molecule has 1 aliphatic heterocycles. The van der Waals surface area contributed by atoms with Gasteiger partial charge in [0.05, 0.1) is 12.0 Å². The Hall–Kier alpha value is -1.86. The van der Waals surface area contributed by atoms with Crippen LogP contribution in [0.2, 0.25) is 0 Å². The van der Waals surface area contributed by atoms with Crippen LogP contribution in [0.5, 0.6) is 5.75 Å². The molecule has 0 fully saturated rings. The van der Waals surface area contributed by atoms with Crippen LogP contribution >= 0.6 is 22.7 Å². The lowest BCUT2D eigenvalue weighted by Crippen LogP contribution is -2.49. The van der Waals surface area contributed by atoms with Crippen LogP contribution in [0.4, 0.5) is 0 Å². The first kappa shape index (κ1) is 17.9. The molecule has 2 aromatic heterocycles. The van der Waals surface area contributed by atoms with E-state index in [1.807, 2.05) is 11.8 Å². The fraction of sp³-hybridized carbons (Fsp3) is 0.444. The maximum atomic E-state index is 12.9. The molecule has 3 heterocycles. The summed E-state index contributed by atoms with van der Waals surface area (Å²) in [5, 5.41) is 6.78. The van der Waals surface area contributed by atoms with Crippen molar-refractivity contribution in [2.24, 2.45) is 0 Å². The van der Waals surface area contributed by atoms with Crippen molar-refractivity contribution in [3.05, 3.63) is 38.2 Å². The Bertz CT molecular complexity index is 753. The van der Waals surface area contributed by atoms with E-state index in [-0.39, 0.29) is 11.8 Å². The highest BCUT2D eigenvalue weighted by molar-refractivity contribution is 7.12. The Morgan fingerprint density at radius 2 is 2.24 bits per heavy atom. The topological polar surface area (TPSA) is 58.6 Å². The number of methoxy groups -OCH3 is 1. The fourth-order valence-corrected chi connectivity index (χ4v) is 4.62. The summed E-state index contributed by atoms with van der Waals surface area (Å²) in [5.74, 6) is 0.457. The molecule has 0 saturated heterocycles. The minimum atomic E-state index is -0.481. The number of amides is 2. The van der Waals surface area contributed by atoms with Crippen LogP contribution in [0.25, 0.3) is 0 Å². The summed E-state index contributed by atoms with van der Waals surface area (Å²) in [4.78, 5) is 29.2. The molecule has 5 nitrogen and oxygen atoms in total. The van der Waals surface area contributed by atoms with Crippen LogP contribution < -0.4 is 10.1 Å². The molecule has 0 aliphatic carbocycles. The van der Waals surface area contributed by atoms with E-state index in [1.54, 1.807) is 29.9 Å². The van der Waals surface area contributed by atoms with Gasteiger partial charge in [-0.1, -0.05) is 13.3 Å². The van der Waals surface area contributed by atoms with Crippen LogP contribution in [0.1, 0.15) is 39.9 Å². The lowest BCUT2D eigenvalue weighted by molar-refractivity contribution is -0.134. The fourth-order valence-electron chi connectivity index (χ4n) is 2.98. The minimum Gasteiger partial charge on any atom is -0.496 e. The second kappa shape index (κ2) is 8.01. The molecule has 0 bridgehead atoms. The number of ether oxygens (including phenoxy) is 1. The normalized spacial score (nSPS) is 14.7. The van der Waals surface area contributed by atoms with Gasteiger partial charge in [0, 0.05) is 29.4 Å². The van der Waals surface area contributed by atoms with Gasteiger partial charge in [0.1, 0.15) is 11.8 Å². The zero-order chi connectivity index (χ0) is 17.8. The maximum absolute atomic E-state index is 12.9. The molecule has 1 N–H and O–H groups in total. The monoisotopic (exact) mass is 378 g/mol. The number of hydrogen-bond donors (Lipinski definition) is 1. The van der Waals surface area contributed by atoms with Gasteiger partial charge in [-0.25, -0.2) is 0 Å². The molecule has 2 amide bonds. The molecule has 1 unspecified atom stereocenters. The van der Waals surface area contributed by atoms with Crippen molar-refractivity contribution in [3.8, 4) is 5.75 Å². The minimum absolute atomic E-state index is 0.00979. The van der Waals surface area contributed by atoms with Crippen molar-refractivity contribution in [1.82, 2.24) is 10.2 Å². The van der Waals surface area contributed by atoms with E-state index in [9.17, 15) is 9.59 Å². The van der Waals surface area contributed by atoms with Crippen LogP contribution in [0, 0.1) is 0 Å². The van der Waals surface area contributed by atoms with Gasteiger partial charge >= 0.3 is 0 Å². The number of carbonyl (C=O) groups is 2. The molecule has 0 aromatic carbocycles. The van der Waals surface area contributed by atoms with Crippen molar-refractivity contribution in [2.75, 3.05) is 13.7 Å². The van der Waals surface area contributed by atoms with Gasteiger partial charge in [-0.05, 0) is 29.9 Å². The smallest absolute Gasteiger partial charge is 0.262 e. The van der Waals surface area contributed by atoms with Gasteiger partial charge in [-0.2, -0.15) is 0 Å². The van der Waals surface area contributed by atoms with Gasteiger partial charge in [0.2, 0.25) is 5.91 Å². The standard InChI is InChI=1S/C18H22N2O3S2/c1-3-4-14(19-17(21)16-9-13(23-2)11-25-16)18(22)20-7-5-15-12(10-20)6-8-24-15/h6,8-9,11,14H,3-5,7,10H2,1-2H3,(H,19,21). The Labute approximate surface area is 155 Å². The molecular formula is C18H22N2O3S2. The van der Waals surface area contributed by atoms with Gasteiger partial charge in [-0.3, -0.25) is 9.59 Å². The van der Waals surface area contributed by atoms with Gasteiger partial charge < -0.3 is 15.0 Å². The van der Waals surface area contributed by atoms with E-state index < -0.39 is 6.04 Å². The summed E-state index contributed by atoms with van der Waals surface area (Å²) in [5.41, 5.74) is 1.23. The summed E-state index contributed by atoms with van der Waals surface area (Å²) in [7, 11) is 1.57. The first-order valence-electron chi connectivity index (χ1n) is 8.39. The Morgan fingerprint density at radius 1 is 1.40 bits per heavy atom. The third-order valence-electron chi connectivity index (χ3n) is 4.34. The highest BCUT2D eigenvalue weighted by Crippen LogP contribution is 2.25. The zero-order valence-corrected chi connectivity index (χ0v) is 16.0. The van der Waals surface area contributed by atoms with E-state index in [4.69, 9.17) is 4.74 Å². The summed E-state index contributed by atoms with van der Waals surface area (Å²) in [6.07, 6.45) is 2.37. The SMILES string of the molecule is CCCC(NC(=O)c1cc(OC)cs1)C(=O)N1CCc2sccc2C1. The number of fused-ring (bicyclic) bond motifs is 1. The molecule has 7 heteroatoms. The van der Waals surface area contributed by atoms with Crippen molar-refractivity contribution >= 4 is 34.5 Å². The van der Waals surface area contributed by atoms with E-state index in [2.05, 4.69) is 16.8 Å². The zero-order valence-electron chi connectivity index (χ0n) is 14.4. The van der Waals surface area contributed by atoms with Crippen LogP contribution in [-0.4, -0.2) is 36.4 Å². The van der Waals surface area contributed by atoms with Crippen molar-refractivity contribution in [3.63, 3.8) is 0 Å². The van der Waals surface area contributed by atoms with E-state index in [1.165, 1.54) is 21.8 Å². The average molecular weight is 379 g/mol. The highest BCUT2D eigenvalue weighted by atomic mass is 32.1. The third-order valence-corrected chi connectivity index (χ3v) is 6.27. The third kappa shape index (κ3) is 4.04. The van der Waals surface area contributed by atoms with Gasteiger partial charge in [-0.15, -0.1) is 22.7 Å². The van der Waals surface area contributed by atoms with Crippen molar-refractivity contribution in [2.45, 2.75) is 38.8 Å². The summed E-state index contributed by atoms with van der Waals surface area (Å²) in [6.45, 7) is 3.38. The number of nitrogens with zero attached hydrogens (tertiary/aromatic N) is 1. The number of thiophene rings is 2. The highest BCUT2D eigenvalue weighted by Gasteiger charge is 2.29. The lowest BCUT2D eigenvalue weighted by atomic mass is 10.1. The Morgan fingerprint density at radius 3 is 2.96 bits per heavy atom. The first-order valence-corrected chi connectivity index (χ1v) is 10.2. The van der Waals surface area contributed by atoms with E-state index in [0.29, 0.717) is 23.6 Å². The summed E-state index contributed by atoms with van der Waals surface area (Å²) >= 11 is 3.07. The molecule has 2 aromatic rings. The molecule has 1 atom stereocenters. The van der Waals surface area contributed by atoms with Crippen molar-refractivity contribution < 1.29 is 14.3 Å². The largest absolute Gasteiger partial charge is 0.496 e. The number of hydrogen-bond acceptors (Lipinski definition) is 5. The summed E-state index contributed by atoms with van der Waals surface area (Å²) in [6, 6.07) is 3.31. The van der Waals surface area contributed by atoms with E-state index in [0.717, 1.165) is 19.4 Å². The quantitative estimate of drug-likeness (QED) is 0.839. The predicted molar refractivity (Wildman–Crippen MR) is 100 cm³/mol. The van der Waals surface area contributed by atoms with Crippen molar-refractivity contribution in [1.29, 1.82) is 0 Å². The molecule has 0 spiro atoms. The van der Waals surface area contributed by atoms with Crippen LogP contribution in [0.15, 0.2) is 22.9 Å². The second-order valence-corrected chi connectivity index (χ2v) is 7.96. The second-order valence-electron chi connectivity index (χ2n) is 6.04. The van der Waals surface area contributed by atoms with E-state index >= 15 is 0 Å². The molecule has 0 radical (unpaired) electrons. The van der Waals surface area contributed by atoms with Crippen LogP contribution in [-0.2, 0) is 17.8 Å². The number of rotatable bonds is 6. The first-order chi connectivity index (χ1) is 12.1. The number of nitrogens with one attached hydrogen (secondary N) is 1. The Kier molecular flexibility index (Phi) is 5.75. The molecule has 134 valence electrons. The predicted octanol–water partition coefficient (Wildman–Crippen LogP) is 3.30. The molecule has 25 heavy (non-hydrogen) atoms. The van der Waals surface area contributed by atoms with Gasteiger partial charge in [0.25, 0.3) is 5.91 Å². The van der Waals surface area contributed by atoms with Crippen LogP contribution in [0.3, 0.4) is 0 Å².